The first-order valence-electron chi connectivity index (χ1n) is 5.01. The molecule has 1 rings (SSSR count). The Morgan fingerprint density at radius 1 is 1.62 bits per heavy atom. The lowest BCUT2D eigenvalue weighted by atomic mass is 10.2. The summed E-state index contributed by atoms with van der Waals surface area (Å²) in [5, 5.41) is 0.670. The minimum atomic E-state index is -0.578. The van der Waals surface area contributed by atoms with E-state index in [9.17, 15) is 4.79 Å². The van der Waals surface area contributed by atoms with Crippen LogP contribution in [0.3, 0.4) is 0 Å². The Hall–Kier alpha value is -1.26. The van der Waals surface area contributed by atoms with Gasteiger partial charge in [-0.3, -0.25) is 10.2 Å². The van der Waals surface area contributed by atoms with Crippen molar-refractivity contribution in [3.63, 3.8) is 0 Å². The Morgan fingerprint density at radius 2 is 2.31 bits per heavy atom. The van der Waals surface area contributed by atoms with E-state index < -0.39 is 6.10 Å². The fraction of sp³-hybridized carbons (Fsp3) is 0.364. The summed E-state index contributed by atoms with van der Waals surface area (Å²) in [5.74, 6) is 5.33. The number of nitrogens with one attached hydrogen (secondary N) is 1. The van der Waals surface area contributed by atoms with Gasteiger partial charge in [0.2, 0.25) is 0 Å². The van der Waals surface area contributed by atoms with Gasteiger partial charge in [-0.05, 0) is 37.1 Å². The Morgan fingerprint density at radius 3 is 2.81 bits per heavy atom. The number of carbonyl (C=O) groups excluding carboxylic acids is 1. The summed E-state index contributed by atoms with van der Waals surface area (Å²) in [6.45, 7) is 3.72. The second kappa shape index (κ2) is 5.72. The summed E-state index contributed by atoms with van der Waals surface area (Å²) in [6, 6.07) is 5.25. The highest BCUT2D eigenvalue weighted by Gasteiger charge is 2.17. The van der Waals surface area contributed by atoms with Gasteiger partial charge >= 0.3 is 0 Å². The van der Waals surface area contributed by atoms with Crippen molar-refractivity contribution in [2.75, 3.05) is 0 Å². The molecule has 1 aromatic carbocycles. The number of nitrogens with two attached hydrogens (primary N) is 1. The summed E-state index contributed by atoms with van der Waals surface area (Å²) in [7, 11) is 0. The van der Waals surface area contributed by atoms with Crippen LogP contribution in [0.2, 0.25) is 5.02 Å². The number of halogens is 1. The highest BCUT2D eigenvalue weighted by atomic mass is 35.5. The van der Waals surface area contributed by atoms with E-state index in [1.165, 1.54) is 0 Å². The lowest BCUT2D eigenvalue weighted by molar-refractivity contribution is -0.128. The molecule has 0 saturated heterocycles. The van der Waals surface area contributed by atoms with Crippen LogP contribution in [0.1, 0.15) is 18.9 Å². The molecule has 0 fully saturated rings. The van der Waals surface area contributed by atoms with Crippen LogP contribution in [-0.4, -0.2) is 12.0 Å². The Labute approximate surface area is 99.7 Å². The molecule has 16 heavy (non-hydrogen) atoms. The van der Waals surface area contributed by atoms with Crippen molar-refractivity contribution in [1.29, 1.82) is 0 Å². The molecule has 1 atom stereocenters. The molecule has 0 saturated carbocycles. The van der Waals surface area contributed by atoms with Gasteiger partial charge in [0, 0.05) is 5.02 Å². The minimum Gasteiger partial charge on any atom is -0.481 e. The van der Waals surface area contributed by atoms with Crippen LogP contribution in [0.4, 0.5) is 0 Å². The van der Waals surface area contributed by atoms with Gasteiger partial charge in [-0.1, -0.05) is 18.5 Å². The predicted molar refractivity (Wildman–Crippen MR) is 63.2 cm³/mol. The summed E-state index contributed by atoms with van der Waals surface area (Å²) < 4.78 is 5.50. The lowest BCUT2D eigenvalue weighted by Gasteiger charge is -2.16. The normalized spacial score (nSPS) is 12.0. The zero-order valence-electron chi connectivity index (χ0n) is 9.29. The third-order valence-electron chi connectivity index (χ3n) is 2.21. The van der Waals surface area contributed by atoms with Gasteiger partial charge in [0.1, 0.15) is 5.75 Å². The van der Waals surface area contributed by atoms with E-state index in [1.807, 2.05) is 13.8 Å². The molecule has 0 spiro atoms. The minimum absolute atomic E-state index is 0.338. The van der Waals surface area contributed by atoms with Crippen molar-refractivity contribution in [3.05, 3.63) is 28.8 Å². The van der Waals surface area contributed by atoms with Crippen LogP contribution < -0.4 is 16.0 Å². The van der Waals surface area contributed by atoms with Crippen molar-refractivity contribution in [2.45, 2.75) is 26.4 Å². The van der Waals surface area contributed by atoms with Crippen molar-refractivity contribution < 1.29 is 9.53 Å². The number of carbonyl (C=O) groups is 1. The van der Waals surface area contributed by atoms with Gasteiger partial charge in [-0.25, -0.2) is 5.84 Å². The smallest absolute Gasteiger partial charge is 0.274 e. The van der Waals surface area contributed by atoms with Crippen LogP contribution in [0.5, 0.6) is 5.75 Å². The zero-order chi connectivity index (χ0) is 12.1. The molecule has 0 aromatic heterocycles. The molecule has 0 aliphatic rings. The maximum absolute atomic E-state index is 11.3. The van der Waals surface area contributed by atoms with Crippen LogP contribution in [0, 0.1) is 6.92 Å². The van der Waals surface area contributed by atoms with Gasteiger partial charge in [0.05, 0.1) is 0 Å². The van der Waals surface area contributed by atoms with Gasteiger partial charge in [-0.15, -0.1) is 0 Å². The second-order valence-corrected chi connectivity index (χ2v) is 3.84. The summed E-state index contributed by atoms with van der Waals surface area (Å²) in [6.07, 6.45) is -0.0318. The Bertz CT molecular complexity index is 382. The first kappa shape index (κ1) is 12.8. The fourth-order valence-corrected chi connectivity index (χ4v) is 1.39. The quantitative estimate of drug-likeness (QED) is 0.481. The van der Waals surface area contributed by atoms with Crippen molar-refractivity contribution in [1.82, 2.24) is 5.43 Å². The molecule has 1 unspecified atom stereocenters. The van der Waals surface area contributed by atoms with Crippen LogP contribution in [0.15, 0.2) is 18.2 Å². The molecule has 4 nitrogen and oxygen atoms in total. The second-order valence-electron chi connectivity index (χ2n) is 3.43. The molecular formula is C11H15ClN2O2. The molecule has 3 N–H and O–H groups in total. The highest BCUT2D eigenvalue weighted by Crippen LogP contribution is 2.22. The molecule has 88 valence electrons. The van der Waals surface area contributed by atoms with Gasteiger partial charge in [0.25, 0.3) is 5.91 Å². The first-order valence-corrected chi connectivity index (χ1v) is 5.39. The number of hydrogen-bond acceptors (Lipinski definition) is 3. The highest BCUT2D eigenvalue weighted by molar-refractivity contribution is 6.31. The standard InChI is InChI=1S/C11H15ClN2O2/c1-3-10(11(15)14-13)16-8-4-5-9(12)7(2)6-8/h4-6,10H,3,13H2,1-2H3,(H,14,15). The van der Waals surface area contributed by atoms with Crippen LogP contribution in [-0.2, 0) is 4.79 Å². The fourth-order valence-electron chi connectivity index (χ4n) is 1.27. The molecule has 0 aliphatic heterocycles. The number of rotatable bonds is 4. The maximum atomic E-state index is 11.3. The average molecular weight is 243 g/mol. The van der Waals surface area contributed by atoms with E-state index in [0.29, 0.717) is 17.2 Å². The summed E-state index contributed by atoms with van der Waals surface area (Å²) >= 11 is 5.89. The number of hydrogen-bond donors (Lipinski definition) is 2. The first-order chi connectivity index (χ1) is 7.58. The molecule has 1 amide bonds. The third kappa shape index (κ3) is 3.12. The molecule has 0 radical (unpaired) electrons. The molecule has 0 heterocycles. The Balaban J connectivity index is 2.78. The van der Waals surface area contributed by atoms with Gasteiger partial charge < -0.3 is 4.74 Å². The number of aryl methyl sites for hydroxylation is 1. The number of amides is 1. The van der Waals surface area contributed by atoms with E-state index in [0.717, 1.165) is 5.56 Å². The number of ether oxygens (including phenoxy) is 1. The lowest BCUT2D eigenvalue weighted by Crippen LogP contribution is -2.41. The van der Waals surface area contributed by atoms with Crippen molar-refractivity contribution in [2.24, 2.45) is 5.84 Å². The van der Waals surface area contributed by atoms with E-state index in [-0.39, 0.29) is 5.91 Å². The van der Waals surface area contributed by atoms with E-state index in [4.69, 9.17) is 22.2 Å². The van der Waals surface area contributed by atoms with E-state index in [1.54, 1.807) is 18.2 Å². The van der Waals surface area contributed by atoms with Gasteiger partial charge in [-0.2, -0.15) is 0 Å². The number of hydrazine groups is 1. The molecule has 1 aromatic rings. The monoisotopic (exact) mass is 242 g/mol. The third-order valence-corrected chi connectivity index (χ3v) is 2.64. The van der Waals surface area contributed by atoms with E-state index >= 15 is 0 Å². The number of benzene rings is 1. The Kier molecular flexibility index (Phi) is 4.58. The topological polar surface area (TPSA) is 64.3 Å². The molecule has 0 aliphatic carbocycles. The van der Waals surface area contributed by atoms with Crippen molar-refractivity contribution in [3.8, 4) is 5.75 Å². The maximum Gasteiger partial charge on any atom is 0.274 e. The predicted octanol–water partition coefficient (Wildman–Crippen LogP) is 1.80. The van der Waals surface area contributed by atoms with Gasteiger partial charge in [0.15, 0.2) is 6.10 Å². The molecule has 5 heteroatoms. The summed E-state index contributed by atoms with van der Waals surface area (Å²) in [4.78, 5) is 11.3. The average Bonchev–Trinajstić information content (AvgIpc) is 2.29. The summed E-state index contributed by atoms with van der Waals surface area (Å²) in [5.41, 5.74) is 2.98. The SMILES string of the molecule is CCC(Oc1ccc(Cl)c(C)c1)C(=O)NN. The van der Waals surface area contributed by atoms with E-state index in [2.05, 4.69) is 5.43 Å². The van der Waals surface area contributed by atoms with Crippen molar-refractivity contribution >= 4 is 17.5 Å². The molecular weight excluding hydrogens is 228 g/mol. The molecule has 0 bridgehead atoms. The van der Waals surface area contributed by atoms with Crippen LogP contribution in [0.25, 0.3) is 0 Å². The zero-order valence-corrected chi connectivity index (χ0v) is 10.0. The van der Waals surface area contributed by atoms with Crippen LogP contribution >= 0.6 is 11.6 Å². The largest absolute Gasteiger partial charge is 0.481 e.